The summed E-state index contributed by atoms with van der Waals surface area (Å²) in [5, 5.41) is 11.1. The first-order valence-electron chi connectivity index (χ1n) is 6.93. The molecule has 4 heteroatoms. The van der Waals surface area contributed by atoms with Gasteiger partial charge in [0, 0.05) is 0 Å². The van der Waals surface area contributed by atoms with Gasteiger partial charge in [-0.2, -0.15) is 0 Å². The van der Waals surface area contributed by atoms with Crippen LogP contribution in [0.25, 0.3) is 6.08 Å². The van der Waals surface area contributed by atoms with Crippen molar-refractivity contribution in [3.8, 4) is 5.75 Å². The van der Waals surface area contributed by atoms with Crippen LogP contribution in [0.4, 0.5) is 0 Å². The van der Waals surface area contributed by atoms with Crippen LogP contribution in [0.1, 0.15) is 11.1 Å². The summed E-state index contributed by atoms with van der Waals surface area (Å²) in [4.78, 5) is 0. The molecule has 0 heterocycles. The van der Waals surface area contributed by atoms with Crippen molar-refractivity contribution in [2.45, 2.75) is 19.1 Å². The van der Waals surface area contributed by atoms with Crippen molar-refractivity contribution >= 4 is 29.3 Å². The quantitative estimate of drug-likeness (QED) is 0.830. The van der Waals surface area contributed by atoms with Gasteiger partial charge in [0.1, 0.15) is 5.75 Å². The van der Waals surface area contributed by atoms with Gasteiger partial charge in [-0.15, -0.1) is 0 Å². The second kappa shape index (κ2) is 6.89. The summed E-state index contributed by atoms with van der Waals surface area (Å²) in [7, 11) is -1.50. The van der Waals surface area contributed by atoms with Crippen molar-refractivity contribution in [2.24, 2.45) is 0 Å². The molecule has 0 saturated heterocycles. The Hall–Kier alpha value is -1.63. The predicted molar refractivity (Wildman–Crippen MR) is 92.3 cm³/mol. The normalized spacial score (nSPS) is 11.3. The number of benzene rings is 2. The standard InChI is InChI=1S/C17H20O2Si2/c1-4-14-9-11-16(12-10-14)20-19-21(2,3)13-15-7-5-6-8-17(15)18/h4-12,18H,1,13H2,2-3H3. The SMILES string of the molecule is C=Cc1ccc([Si]O[Si](C)(C)Cc2ccccc2O)cc1. The molecule has 0 spiro atoms. The summed E-state index contributed by atoms with van der Waals surface area (Å²) < 4.78 is 6.18. The molecule has 0 fully saturated rings. The van der Waals surface area contributed by atoms with Crippen LogP contribution in [0.2, 0.25) is 13.1 Å². The maximum Gasteiger partial charge on any atom is 0.256 e. The van der Waals surface area contributed by atoms with Crippen LogP contribution in [0.3, 0.4) is 0 Å². The molecule has 0 aromatic heterocycles. The zero-order valence-electron chi connectivity index (χ0n) is 12.5. The van der Waals surface area contributed by atoms with Crippen molar-refractivity contribution in [2.75, 3.05) is 0 Å². The molecule has 0 aliphatic carbocycles. The molecule has 1 N–H and O–H groups in total. The van der Waals surface area contributed by atoms with Crippen molar-refractivity contribution in [3.05, 3.63) is 66.2 Å². The Morgan fingerprint density at radius 2 is 1.81 bits per heavy atom. The third-order valence-electron chi connectivity index (χ3n) is 3.20. The minimum Gasteiger partial charge on any atom is -0.508 e. The predicted octanol–water partition coefficient (Wildman–Crippen LogP) is 3.28. The molecule has 0 saturated carbocycles. The van der Waals surface area contributed by atoms with Gasteiger partial charge in [-0.25, -0.2) is 0 Å². The van der Waals surface area contributed by atoms with E-state index in [-0.39, 0.29) is 0 Å². The molecule has 2 rings (SSSR count). The molecule has 108 valence electrons. The van der Waals surface area contributed by atoms with Crippen molar-refractivity contribution in [1.82, 2.24) is 0 Å². The Kier molecular flexibility index (Phi) is 5.17. The molecule has 0 amide bonds. The molecule has 2 aromatic carbocycles. The highest BCUT2D eigenvalue weighted by Gasteiger charge is 2.24. The number of aromatic hydroxyl groups is 1. The van der Waals surface area contributed by atoms with Gasteiger partial charge in [0.15, 0.2) is 8.32 Å². The van der Waals surface area contributed by atoms with E-state index in [1.165, 1.54) is 5.19 Å². The van der Waals surface area contributed by atoms with E-state index in [4.69, 9.17) is 4.12 Å². The van der Waals surface area contributed by atoms with E-state index in [0.717, 1.165) is 17.2 Å². The molecule has 2 aromatic rings. The number of phenolic OH excluding ortho intramolecular Hbond substituents is 1. The Morgan fingerprint density at radius 1 is 1.14 bits per heavy atom. The lowest BCUT2D eigenvalue weighted by Crippen LogP contribution is -2.38. The van der Waals surface area contributed by atoms with Gasteiger partial charge in [-0.3, -0.25) is 0 Å². The summed E-state index contributed by atoms with van der Waals surface area (Å²) in [5.74, 6) is 0.361. The van der Waals surface area contributed by atoms with Crippen LogP contribution in [0.15, 0.2) is 55.1 Å². The second-order valence-corrected chi connectivity index (χ2v) is 11.1. The van der Waals surface area contributed by atoms with Gasteiger partial charge in [0.05, 0.1) is 0 Å². The zero-order chi connectivity index (χ0) is 15.3. The molecule has 0 atom stereocenters. The van der Waals surface area contributed by atoms with E-state index >= 15 is 0 Å². The van der Waals surface area contributed by atoms with Crippen LogP contribution < -0.4 is 5.19 Å². The maximum absolute atomic E-state index is 9.88. The monoisotopic (exact) mass is 312 g/mol. The van der Waals surface area contributed by atoms with Crippen LogP contribution in [-0.4, -0.2) is 23.2 Å². The van der Waals surface area contributed by atoms with E-state index in [9.17, 15) is 5.11 Å². The van der Waals surface area contributed by atoms with Crippen molar-refractivity contribution in [3.63, 3.8) is 0 Å². The van der Waals surface area contributed by atoms with E-state index in [2.05, 4.69) is 43.9 Å². The highest BCUT2D eigenvalue weighted by molar-refractivity contribution is 6.76. The van der Waals surface area contributed by atoms with Crippen molar-refractivity contribution < 1.29 is 9.22 Å². The number of hydrogen-bond donors (Lipinski definition) is 1. The molecule has 21 heavy (non-hydrogen) atoms. The lowest BCUT2D eigenvalue weighted by Gasteiger charge is -2.23. The summed E-state index contributed by atoms with van der Waals surface area (Å²) >= 11 is 0. The zero-order valence-corrected chi connectivity index (χ0v) is 14.5. The van der Waals surface area contributed by atoms with E-state index in [0.29, 0.717) is 15.5 Å². The Balaban J connectivity index is 1.97. The average molecular weight is 313 g/mol. The molecule has 0 bridgehead atoms. The third kappa shape index (κ3) is 4.70. The third-order valence-corrected chi connectivity index (χ3v) is 7.62. The number of phenols is 1. The first-order valence-corrected chi connectivity index (χ1v) is 11.0. The van der Waals surface area contributed by atoms with Gasteiger partial charge in [-0.1, -0.05) is 55.1 Å². The van der Waals surface area contributed by atoms with Gasteiger partial charge < -0.3 is 9.22 Å². The smallest absolute Gasteiger partial charge is 0.256 e. The van der Waals surface area contributed by atoms with Crippen LogP contribution in [0.5, 0.6) is 5.75 Å². The van der Waals surface area contributed by atoms with Crippen molar-refractivity contribution in [1.29, 1.82) is 0 Å². The summed E-state index contributed by atoms with van der Waals surface area (Å²) in [6.07, 6.45) is 1.84. The minimum atomic E-state index is -1.85. The lowest BCUT2D eigenvalue weighted by molar-refractivity contribution is 0.468. The largest absolute Gasteiger partial charge is 0.508 e. The van der Waals surface area contributed by atoms with Crippen LogP contribution >= 0.6 is 0 Å². The van der Waals surface area contributed by atoms with Gasteiger partial charge in [0.25, 0.3) is 9.76 Å². The average Bonchev–Trinajstić information content (AvgIpc) is 2.48. The second-order valence-electron chi connectivity index (χ2n) is 5.60. The van der Waals surface area contributed by atoms with Crippen LogP contribution in [-0.2, 0) is 10.2 Å². The lowest BCUT2D eigenvalue weighted by atomic mass is 10.2. The Labute approximate surface area is 130 Å². The molecule has 0 aliphatic rings. The first-order chi connectivity index (χ1) is 10.00. The molecular weight excluding hydrogens is 292 g/mol. The topological polar surface area (TPSA) is 29.5 Å². The first kappa shape index (κ1) is 15.8. The number of rotatable bonds is 6. The number of hydrogen-bond acceptors (Lipinski definition) is 2. The Bertz CT molecular complexity index is 606. The van der Waals surface area contributed by atoms with Gasteiger partial charge in [0.2, 0.25) is 0 Å². The minimum absolute atomic E-state index is 0.348. The van der Waals surface area contributed by atoms with E-state index < -0.39 is 8.32 Å². The van der Waals surface area contributed by atoms with E-state index in [1.54, 1.807) is 6.07 Å². The number of para-hydroxylation sites is 1. The van der Waals surface area contributed by atoms with Gasteiger partial charge in [-0.05, 0) is 41.5 Å². The maximum atomic E-state index is 9.88. The molecule has 2 radical (unpaired) electrons. The Morgan fingerprint density at radius 3 is 2.43 bits per heavy atom. The highest BCUT2D eigenvalue weighted by atomic mass is 28.4. The fourth-order valence-corrected chi connectivity index (χ4v) is 5.42. The van der Waals surface area contributed by atoms with E-state index in [1.807, 2.05) is 24.3 Å². The molecular formula is C17H20O2Si2. The van der Waals surface area contributed by atoms with Gasteiger partial charge >= 0.3 is 0 Å². The van der Waals surface area contributed by atoms with Crippen LogP contribution in [0, 0.1) is 0 Å². The molecule has 2 nitrogen and oxygen atoms in total. The fourth-order valence-electron chi connectivity index (χ4n) is 2.04. The highest BCUT2D eigenvalue weighted by Crippen LogP contribution is 2.21. The summed E-state index contributed by atoms with van der Waals surface area (Å²) in [6.45, 7) is 8.13. The molecule has 0 aliphatic heterocycles. The summed E-state index contributed by atoms with van der Waals surface area (Å²) in [5.41, 5.74) is 2.09. The summed E-state index contributed by atoms with van der Waals surface area (Å²) in [6, 6.07) is 16.6. The molecule has 0 unspecified atom stereocenters. The fraction of sp³-hybridized carbons (Fsp3) is 0.176.